The minimum Gasteiger partial charge on any atom is -0.381 e. The normalized spacial score (nSPS) is 19.2. The van der Waals surface area contributed by atoms with E-state index in [1.165, 1.54) is 7.05 Å². The third-order valence-electron chi connectivity index (χ3n) is 2.73. The van der Waals surface area contributed by atoms with E-state index in [0.29, 0.717) is 13.2 Å². The zero-order valence-corrected chi connectivity index (χ0v) is 9.08. The van der Waals surface area contributed by atoms with Crippen molar-refractivity contribution in [1.82, 2.24) is 4.90 Å². The van der Waals surface area contributed by atoms with Crippen LogP contribution in [0.5, 0.6) is 0 Å². The molecule has 0 aliphatic carbocycles. The fraction of sp³-hybridized carbons (Fsp3) is 0.800. The van der Waals surface area contributed by atoms with Gasteiger partial charge in [0, 0.05) is 20.3 Å². The van der Waals surface area contributed by atoms with Crippen LogP contribution < -0.4 is 0 Å². The van der Waals surface area contributed by atoms with Gasteiger partial charge in [0.25, 0.3) is 6.43 Å². The average molecular weight is 232 g/mol. The van der Waals surface area contributed by atoms with E-state index in [1.54, 1.807) is 0 Å². The molecule has 0 unspecified atom stereocenters. The highest BCUT2D eigenvalue weighted by Gasteiger charge is 2.42. The second kappa shape index (κ2) is 5.21. The molecule has 16 heavy (non-hydrogen) atoms. The van der Waals surface area contributed by atoms with Crippen molar-refractivity contribution in [3.63, 3.8) is 0 Å². The molecule has 0 N–H and O–H groups in total. The first-order valence-electron chi connectivity index (χ1n) is 5.04. The standard InChI is InChI=1S/C10H14F2N2O2/c1-14(6-8(11)12)9(15)10(7-13)2-4-16-5-3-10/h8H,2-6H2,1H3. The van der Waals surface area contributed by atoms with Crippen molar-refractivity contribution in [2.45, 2.75) is 19.3 Å². The Balaban J connectivity index is 2.72. The number of amides is 1. The Morgan fingerprint density at radius 1 is 1.56 bits per heavy atom. The van der Waals surface area contributed by atoms with E-state index in [2.05, 4.69) is 0 Å². The van der Waals surface area contributed by atoms with Gasteiger partial charge in [0.1, 0.15) is 5.41 Å². The van der Waals surface area contributed by atoms with Crippen molar-refractivity contribution in [2.75, 3.05) is 26.8 Å². The number of alkyl halides is 2. The van der Waals surface area contributed by atoms with Gasteiger partial charge in [-0.15, -0.1) is 0 Å². The number of halogens is 2. The van der Waals surface area contributed by atoms with Gasteiger partial charge in [0.05, 0.1) is 12.6 Å². The first kappa shape index (κ1) is 12.8. The molecule has 1 aliphatic heterocycles. The molecule has 4 nitrogen and oxygen atoms in total. The molecule has 1 aliphatic rings. The molecule has 0 spiro atoms. The minimum atomic E-state index is -2.58. The summed E-state index contributed by atoms with van der Waals surface area (Å²) in [6.45, 7) is 0.00670. The lowest BCUT2D eigenvalue weighted by atomic mass is 9.80. The molecule has 6 heteroatoms. The number of carbonyl (C=O) groups is 1. The van der Waals surface area contributed by atoms with E-state index in [4.69, 9.17) is 10.00 Å². The first-order chi connectivity index (χ1) is 7.52. The summed E-state index contributed by atoms with van der Waals surface area (Å²) >= 11 is 0. The SMILES string of the molecule is CN(CC(F)F)C(=O)C1(C#N)CCOCC1. The highest BCUT2D eigenvalue weighted by molar-refractivity contribution is 5.85. The Labute approximate surface area is 92.8 Å². The lowest BCUT2D eigenvalue weighted by Gasteiger charge is -2.32. The van der Waals surface area contributed by atoms with Crippen molar-refractivity contribution in [3.8, 4) is 6.07 Å². The van der Waals surface area contributed by atoms with E-state index in [-0.39, 0.29) is 12.8 Å². The summed E-state index contributed by atoms with van der Waals surface area (Å²) in [6, 6.07) is 1.96. The van der Waals surface area contributed by atoms with Crippen LogP contribution in [0.4, 0.5) is 8.78 Å². The molecule has 1 amide bonds. The number of nitrogens with zero attached hydrogens (tertiary/aromatic N) is 2. The van der Waals surface area contributed by atoms with Crippen LogP contribution in [0.3, 0.4) is 0 Å². The van der Waals surface area contributed by atoms with Crippen LogP contribution in [0.2, 0.25) is 0 Å². The monoisotopic (exact) mass is 232 g/mol. The van der Waals surface area contributed by atoms with Crippen LogP contribution in [-0.2, 0) is 9.53 Å². The van der Waals surface area contributed by atoms with Crippen molar-refractivity contribution < 1.29 is 18.3 Å². The third kappa shape index (κ3) is 2.67. The predicted molar refractivity (Wildman–Crippen MR) is 51.7 cm³/mol. The fourth-order valence-corrected chi connectivity index (χ4v) is 1.75. The van der Waals surface area contributed by atoms with Crippen LogP contribution in [0.15, 0.2) is 0 Å². The number of hydrogen-bond acceptors (Lipinski definition) is 3. The van der Waals surface area contributed by atoms with Crippen LogP contribution in [-0.4, -0.2) is 44.0 Å². The van der Waals surface area contributed by atoms with Crippen molar-refractivity contribution >= 4 is 5.91 Å². The summed E-state index contributed by atoms with van der Waals surface area (Å²) in [5.74, 6) is -0.529. The van der Waals surface area contributed by atoms with Crippen molar-refractivity contribution in [3.05, 3.63) is 0 Å². The fourth-order valence-electron chi connectivity index (χ4n) is 1.75. The van der Waals surface area contributed by atoms with Gasteiger partial charge in [-0.25, -0.2) is 8.78 Å². The molecule has 0 saturated carbocycles. The zero-order valence-electron chi connectivity index (χ0n) is 9.08. The summed E-state index contributed by atoms with van der Waals surface area (Å²) in [6.07, 6.45) is -2.03. The molecular weight excluding hydrogens is 218 g/mol. The predicted octanol–water partition coefficient (Wildman–Crippen LogP) is 1.03. The first-order valence-corrected chi connectivity index (χ1v) is 5.04. The van der Waals surface area contributed by atoms with Gasteiger partial charge in [-0.1, -0.05) is 0 Å². The summed E-state index contributed by atoms with van der Waals surface area (Å²) in [7, 11) is 1.29. The number of rotatable bonds is 3. The smallest absolute Gasteiger partial charge is 0.255 e. The molecule has 0 aromatic rings. The summed E-state index contributed by atoms with van der Waals surface area (Å²) in [4.78, 5) is 12.8. The Hall–Kier alpha value is -1.22. The van der Waals surface area contributed by atoms with Gasteiger partial charge < -0.3 is 9.64 Å². The molecule has 1 heterocycles. The van der Waals surface area contributed by atoms with Gasteiger partial charge in [-0.2, -0.15) is 5.26 Å². The Kier molecular flexibility index (Phi) is 4.19. The molecule has 90 valence electrons. The molecule has 1 rings (SSSR count). The second-order valence-electron chi connectivity index (χ2n) is 3.88. The highest BCUT2D eigenvalue weighted by Crippen LogP contribution is 2.31. The second-order valence-corrected chi connectivity index (χ2v) is 3.88. The van der Waals surface area contributed by atoms with E-state index in [0.717, 1.165) is 4.90 Å². The lowest BCUT2D eigenvalue weighted by molar-refractivity contribution is -0.143. The Morgan fingerprint density at radius 3 is 2.56 bits per heavy atom. The molecule has 0 aromatic heterocycles. The van der Waals surface area contributed by atoms with Crippen molar-refractivity contribution in [1.29, 1.82) is 5.26 Å². The number of hydrogen-bond donors (Lipinski definition) is 0. The summed E-state index contributed by atoms with van der Waals surface area (Å²) < 4.78 is 29.3. The highest BCUT2D eigenvalue weighted by atomic mass is 19.3. The lowest BCUT2D eigenvalue weighted by Crippen LogP contribution is -2.46. The molecular formula is C10H14F2N2O2. The summed E-state index contributed by atoms with van der Waals surface area (Å²) in [5.41, 5.74) is -1.18. The largest absolute Gasteiger partial charge is 0.381 e. The van der Waals surface area contributed by atoms with E-state index in [1.807, 2.05) is 6.07 Å². The topological polar surface area (TPSA) is 53.3 Å². The van der Waals surface area contributed by atoms with E-state index in [9.17, 15) is 13.6 Å². The molecule has 0 aromatic carbocycles. The number of nitriles is 1. The maximum Gasteiger partial charge on any atom is 0.255 e. The van der Waals surface area contributed by atoms with Crippen molar-refractivity contribution in [2.24, 2.45) is 5.41 Å². The van der Waals surface area contributed by atoms with Gasteiger partial charge in [0.15, 0.2) is 0 Å². The van der Waals surface area contributed by atoms with Crippen LogP contribution in [0.1, 0.15) is 12.8 Å². The van der Waals surface area contributed by atoms with E-state index >= 15 is 0 Å². The Bertz CT molecular complexity index is 296. The van der Waals surface area contributed by atoms with Gasteiger partial charge in [0.2, 0.25) is 5.91 Å². The van der Waals surface area contributed by atoms with Crippen LogP contribution in [0.25, 0.3) is 0 Å². The molecule has 1 saturated heterocycles. The zero-order chi connectivity index (χ0) is 12.2. The Morgan fingerprint density at radius 2 is 2.12 bits per heavy atom. The molecule has 0 atom stereocenters. The minimum absolute atomic E-state index is 0.274. The maximum atomic E-state index is 12.1. The number of ether oxygens (including phenoxy) is 1. The van der Waals surface area contributed by atoms with Crippen LogP contribution in [0, 0.1) is 16.7 Å². The van der Waals surface area contributed by atoms with Crippen LogP contribution >= 0.6 is 0 Å². The average Bonchev–Trinajstić information content (AvgIpc) is 2.28. The van der Waals surface area contributed by atoms with Gasteiger partial charge >= 0.3 is 0 Å². The summed E-state index contributed by atoms with van der Waals surface area (Å²) in [5, 5.41) is 9.05. The van der Waals surface area contributed by atoms with E-state index < -0.39 is 24.3 Å². The molecule has 0 radical (unpaired) electrons. The van der Waals surface area contributed by atoms with Gasteiger partial charge in [-0.3, -0.25) is 4.79 Å². The maximum absolute atomic E-state index is 12.1. The molecule has 0 bridgehead atoms. The molecule has 1 fully saturated rings. The quantitative estimate of drug-likeness (QED) is 0.730. The third-order valence-corrected chi connectivity index (χ3v) is 2.73. The number of carbonyl (C=O) groups excluding carboxylic acids is 1. The van der Waals surface area contributed by atoms with Gasteiger partial charge in [-0.05, 0) is 12.8 Å².